The van der Waals surface area contributed by atoms with Crippen LogP contribution in [0.3, 0.4) is 0 Å². The highest BCUT2D eigenvalue weighted by molar-refractivity contribution is 5.96. The van der Waals surface area contributed by atoms with Crippen LogP contribution in [0.2, 0.25) is 0 Å². The Bertz CT molecular complexity index is 1840. The molecule has 0 amide bonds. The molecule has 8 bridgehead atoms. The van der Waals surface area contributed by atoms with Gasteiger partial charge in [-0.2, -0.15) is 0 Å². The highest BCUT2D eigenvalue weighted by atomic mass is 16.5. The van der Waals surface area contributed by atoms with Crippen molar-refractivity contribution in [3.05, 3.63) is 126 Å². The predicted molar refractivity (Wildman–Crippen MR) is 170 cm³/mol. The molecule has 220 valence electrons. The smallest absolute Gasteiger partial charge is 0.343 e. The van der Waals surface area contributed by atoms with Crippen molar-refractivity contribution in [3.63, 3.8) is 0 Å². The lowest BCUT2D eigenvalue weighted by Crippen LogP contribution is -2.19. The van der Waals surface area contributed by atoms with Gasteiger partial charge in [-0.3, -0.25) is 0 Å². The summed E-state index contributed by atoms with van der Waals surface area (Å²) in [5.41, 5.74) is 15.8. The van der Waals surface area contributed by atoms with Gasteiger partial charge in [-0.15, -0.1) is 0 Å². The Labute approximate surface area is 258 Å². The van der Waals surface area contributed by atoms with Crippen LogP contribution in [0.5, 0.6) is 11.5 Å². The minimum absolute atomic E-state index is 0.0706. The lowest BCUT2D eigenvalue weighted by molar-refractivity contribution is 0.0725. The van der Waals surface area contributed by atoms with Crippen molar-refractivity contribution < 1.29 is 19.1 Å². The van der Waals surface area contributed by atoms with Gasteiger partial charge in [-0.1, -0.05) is 52.0 Å². The summed E-state index contributed by atoms with van der Waals surface area (Å²) < 4.78 is 12.5. The van der Waals surface area contributed by atoms with Crippen molar-refractivity contribution in [1.82, 2.24) is 0 Å². The molecule has 3 aliphatic carbocycles. The third-order valence-corrected chi connectivity index (χ3v) is 11.4. The Balaban J connectivity index is 1.44. The number of benzene rings is 4. The molecule has 2 heterocycles. The third-order valence-electron chi connectivity index (χ3n) is 11.4. The van der Waals surface area contributed by atoms with Gasteiger partial charge in [0, 0.05) is 34.8 Å². The van der Waals surface area contributed by atoms with Gasteiger partial charge in [0.15, 0.2) is 0 Å². The second kappa shape index (κ2) is 9.17. The maximum atomic E-state index is 13.9. The normalized spacial score (nSPS) is 22.7. The largest absolute Gasteiger partial charge is 0.423 e. The molecule has 4 aromatic carbocycles. The SMILES string of the molecule is CCC1c2cc3c4cc2Cc2cc5c(cc21)C(CC)c1cc2c(cc1OC5=O)Cc1cc(c(cc1C2CC)C3CC)C(=O)O4. The summed E-state index contributed by atoms with van der Waals surface area (Å²) in [4.78, 5) is 27.8. The highest BCUT2D eigenvalue weighted by Gasteiger charge is 2.38. The van der Waals surface area contributed by atoms with Gasteiger partial charge in [-0.05, 0) is 118 Å². The molecule has 4 atom stereocenters. The summed E-state index contributed by atoms with van der Waals surface area (Å²) in [6.45, 7) is 8.96. The van der Waals surface area contributed by atoms with Crippen molar-refractivity contribution in [2.24, 2.45) is 0 Å². The van der Waals surface area contributed by atoms with Crippen LogP contribution in [0.25, 0.3) is 0 Å². The molecule has 0 N–H and O–H groups in total. The number of carbonyl (C=O) groups excluding carboxylic acids is 2. The van der Waals surface area contributed by atoms with Crippen LogP contribution in [0.15, 0.2) is 48.5 Å². The molecule has 0 saturated carbocycles. The summed E-state index contributed by atoms with van der Waals surface area (Å²) in [7, 11) is 0. The average molecular weight is 581 g/mol. The Morgan fingerprint density at radius 2 is 0.773 bits per heavy atom. The Kier molecular flexibility index (Phi) is 5.47. The first-order valence-corrected chi connectivity index (χ1v) is 16.5. The van der Waals surface area contributed by atoms with E-state index in [2.05, 4.69) is 76.2 Å². The maximum absolute atomic E-state index is 13.9. The van der Waals surface area contributed by atoms with E-state index in [0.29, 0.717) is 35.5 Å². The van der Waals surface area contributed by atoms with Gasteiger partial charge >= 0.3 is 11.9 Å². The van der Waals surface area contributed by atoms with Crippen LogP contribution in [0.4, 0.5) is 0 Å². The van der Waals surface area contributed by atoms with E-state index < -0.39 is 0 Å². The number of rotatable bonds is 4. The fourth-order valence-corrected chi connectivity index (χ4v) is 9.38. The van der Waals surface area contributed by atoms with E-state index in [0.717, 1.165) is 47.9 Å². The van der Waals surface area contributed by atoms with Crippen molar-refractivity contribution in [3.8, 4) is 11.5 Å². The Hall–Kier alpha value is -4.18. The number of carbonyl (C=O) groups is 2. The molecule has 5 aliphatic rings. The Morgan fingerprint density at radius 3 is 1.14 bits per heavy atom. The zero-order valence-electron chi connectivity index (χ0n) is 25.8. The topological polar surface area (TPSA) is 52.6 Å². The van der Waals surface area contributed by atoms with E-state index in [1.807, 2.05) is 0 Å². The van der Waals surface area contributed by atoms with Crippen LogP contribution in [0, 0.1) is 0 Å². The summed E-state index contributed by atoms with van der Waals surface area (Å²) in [5, 5.41) is 0. The van der Waals surface area contributed by atoms with E-state index in [1.54, 1.807) is 0 Å². The lowest BCUT2D eigenvalue weighted by atomic mass is 9.70. The molecule has 4 unspecified atom stereocenters. The van der Waals surface area contributed by atoms with Gasteiger partial charge in [-0.25, -0.2) is 9.59 Å². The number of hydrogen-bond acceptors (Lipinski definition) is 4. The molecule has 0 aromatic heterocycles. The zero-order chi connectivity index (χ0) is 30.0. The van der Waals surface area contributed by atoms with Crippen LogP contribution < -0.4 is 9.47 Å². The quantitative estimate of drug-likeness (QED) is 0.179. The first kappa shape index (κ1) is 26.2. The third kappa shape index (κ3) is 3.34. The summed E-state index contributed by atoms with van der Waals surface area (Å²) in [6.07, 6.45) is 5.05. The van der Waals surface area contributed by atoms with Crippen molar-refractivity contribution in [1.29, 1.82) is 0 Å². The second-order valence-electron chi connectivity index (χ2n) is 13.4. The lowest BCUT2D eigenvalue weighted by Gasteiger charge is -2.33. The molecule has 4 nitrogen and oxygen atoms in total. The fraction of sp³-hybridized carbons (Fsp3) is 0.350. The standard InChI is InChI=1S/C40H36O4/c1-5-23-27-15-31-25(7-3)34-18-30-22-10-20-12-36-32(16-28(20)24(30)6-2)26(8-4)33-17-29(23)21(13-37(33)43-40(36)42)9-19(27)11-35(31)39(41)44-38(34)14-22/h11-18,23-26H,5-10H2,1-4H3. The van der Waals surface area contributed by atoms with Gasteiger partial charge < -0.3 is 9.47 Å². The molecule has 44 heavy (non-hydrogen) atoms. The van der Waals surface area contributed by atoms with Crippen molar-refractivity contribution >= 4 is 11.9 Å². The number of ether oxygens (including phenoxy) is 2. The summed E-state index contributed by atoms with van der Waals surface area (Å²) in [5.74, 6) is 1.38. The van der Waals surface area contributed by atoms with Crippen LogP contribution in [0.1, 0.15) is 165 Å². The second-order valence-corrected chi connectivity index (χ2v) is 13.4. The average Bonchev–Trinajstić information content (AvgIpc) is 3.20. The van der Waals surface area contributed by atoms with Crippen LogP contribution >= 0.6 is 0 Å². The van der Waals surface area contributed by atoms with Gasteiger partial charge in [0.25, 0.3) is 0 Å². The highest BCUT2D eigenvalue weighted by Crippen LogP contribution is 2.52. The van der Waals surface area contributed by atoms with Crippen LogP contribution in [-0.2, 0) is 12.8 Å². The van der Waals surface area contributed by atoms with Crippen LogP contribution in [-0.4, -0.2) is 11.9 Å². The molecule has 0 spiro atoms. The first-order chi connectivity index (χ1) is 21.4. The summed E-state index contributed by atoms with van der Waals surface area (Å²) in [6, 6.07) is 17.9. The van der Waals surface area contributed by atoms with E-state index in [9.17, 15) is 9.59 Å². The minimum atomic E-state index is -0.260. The molecular weight excluding hydrogens is 544 g/mol. The monoisotopic (exact) mass is 580 g/mol. The van der Waals surface area contributed by atoms with E-state index in [-0.39, 0.29) is 35.6 Å². The first-order valence-electron chi connectivity index (χ1n) is 16.5. The molecule has 4 heteroatoms. The summed E-state index contributed by atoms with van der Waals surface area (Å²) >= 11 is 0. The molecule has 0 radical (unpaired) electrons. The van der Waals surface area contributed by atoms with Crippen molar-refractivity contribution in [2.45, 2.75) is 89.9 Å². The Morgan fingerprint density at radius 1 is 0.455 bits per heavy atom. The molecular formula is C40H36O4. The van der Waals surface area contributed by atoms with E-state index >= 15 is 0 Å². The molecule has 0 saturated heterocycles. The maximum Gasteiger partial charge on any atom is 0.343 e. The molecule has 4 aromatic rings. The fourth-order valence-electron chi connectivity index (χ4n) is 9.38. The molecule has 9 rings (SSSR count). The van der Waals surface area contributed by atoms with Crippen molar-refractivity contribution in [2.75, 3.05) is 0 Å². The van der Waals surface area contributed by atoms with Gasteiger partial charge in [0.05, 0.1) is 11.1 Å². The minimum Gasteiger partial charge on any atom is -0.423 e. The van der Waals surface area contributed by atoms with Gasteiger partial charge in [0.1, 0.15) is 11.5 Å². The van der Waals surface area contributed by atoms with E-state index in [4.69, 9.17) is 9.47 Å². The molecule has 0 fully saturated rings. The predicted octanol–water partition coefficient (Wildman–Crippen LogP) is 9.04. The number of hydrogen-bond donors (Lipinski definition) is 0. The van der Waals surface area contributed by atoms with E-state index in [1.165, 1.54) is 44.5 Å². The number of esters is 2. The zero-order valence-corrected chi connectivity index (χ0v) is 25.8. The van der Waals surface area contributed by atoms with Gasteiger partial charge in [0.2, 0.25) is 0 Å². The molecule has 2 aliphatic heterocycles.